The van der Waals surface area contributed by atoms with E-state index in [-0.39, 0.29) is 24.2 Å². The Labute approximate surface area is 143 Å². The number of nitrogens with zero attached hydrogens (tertiary/aromatic N) is 3. The van der Waals surface area contributed by atoms with Crippen LogP contribution in [0, 0.1) is 13.8 Å². The fourth-order valence-corrected chi connectivity index (χ4v) is 3.91. The van der Waals surface area contributed by atoms with E-state index >= 15 is 0 Å². The maximum Gasteiger partial charge on any atom is 0.249 e. The van der Waals surface area contributed by atoms with E-state index in [1.807, 2.05) is 18.7 Å². The highest BCUT2D eigenvalue weighted by Crippen LogP contribution is 2.36. The Bertz CT molecular complexity index is 598. The van der Waals surface area contributed by atoms with Crippen molar-refractivity contribution in [3.8, 4) is 0 Å². The number of ether oxygens (including phenoxy) is 1. The molecular weight excluding hydrogens is 306 g/mol. The van der Waals surface area contributed by atoms with Crippen molar-refractivity contribution in [2.75, 3.05) is 26.2 Å². The number of likely N-dealkylation sites (tertiary alicyclic amines) is 1. The number of rotatable bonds is 4. The third-order valence-corrected chi connectivity index (χ3v) is 5.62. The molecule has 1 aromatic rings. The Morgan fingerprint density at radius 3 is 2.67 bits per heavy atom. The number of piperidine rings is 1. The Morgan fingerprint density at radius 2 is 2.08 bits per heavy atom. The molecule has 0 N–H and O–H groups in total. The molecule has 132 valence electrons. The van der Waals surface area contributed by atoms with Crippen LogP contribution in [0.15, 0.2) is 17.2 Å². The lowest BCUT2D eigenvalue weighted by molar-refractivity contribution is -0.185. The molecule has 6 nitrogen and oxygen atoms in total. The maximum absolute atomic E-state index is 12.1. The summed E-state index contributed by atoms with van der Waals surface area (Å²) in [6.07, 6.45) is 3.65. The summed E-state index contributed by atoms with van der Waals surface area (Å²) in [5, 5.41) is 4.04. The molecule has 1 amide bonds. The Hall–Kier alpha value is -1.66. The minimum Gasteiger partial charge on any atom is -0.363 e. The van der Waals surface area contributed by atoms with Crippen molar-refractivity contribution < 1.29 is 14.1 Å². The van der Waals surface area contributed by atoms with Gasteiger partial charge in [0.25, 0.3) is 0 Å². The number of morpholine rings is 1. The van der Waals surface area contributed by atoms with Crippen molar-refractivity contribution in [1.82, 2.24) is 15.0 Å². The first-order valence-electron chi connectivity index (χ1n) is 8.65. The monoisotopic (exact) mass is 333 g/mol. The van der Waals surface area contributed by atoms with Crippen molar-refractivity contribution in [2.45, 2.75) is 51.8 Å². The molecule has 3 rings (SSSR count). The highest BCUT2D eigenvalue weighted by molar-refractivity contribution is 5.79. The molecular formula is C18H27N3O3. The molecule has 24 heavy (non-hydrogen) atoms. The van der Waals surface area contributed by atoms with Gasteiger partial charge in [-0.2, -0.15) is 0 Å². The van der Waals surface area contributed by atoms with Gasteiger partial charge in [-0.15, -0.1) is 6.58 Å². The molecule has 0 aromatic carbocycles. The number of aryl methyl sites for hydroxylation is 2. The summed E-state index contributed by atoms with van der Waals surface area (Å²) in [4.78, 5) is 16.4. The second-order valence-electron chi connectivity index (χ2n) is 6.94. The first kappa shape index (κ1) is 17.2. The zero-order valence-corrected chi connectivity index (χ0v) is 14.9. The summed E-state index contributed by atoms with van der Waals surface area (Å²) in [5.74, 6) is 0.962. The summed E-state index contributed by atoms with van der Waals surface area (Å²) < 4.78 is 11.3. The van der Waals surface area contributed by atoms with Crippen LogP contribution in [-0.2, 0) is 16.1 Å². The highest BCUT2D eigenvalue weighted by atomic mass is 16.5. The summed E-state index contributed by atoms with van der Waals surface area (Å²) in [7, 11) is 0. The molecule has 1 unspecified atom stereocenters. The van der Waals surface area contributed by atoms with Crippen LogP contribution in [0.5, 0.6) is 0 Å². The van der Waals surface area contributed by atoms with Crippen molar-refractivity contribution >= 4 is 5.91 Å². The van der Waals surface area contributed by atoms with Crippen molar-refractivity contribution in [3.63, 3.8) is 0 Å². The fraction of sp³-hybridized carbons (Fsp3) is 0.667. The highest BCUT2D eigenvalue weighted by Gasteiger charge is 2.47. The van der Waals surface area contributed by atoms with Gasteiger partial charge in [0.2, 0.25) is 5.91 Å². The quantitative estimate of drug-likeness (QED) is 0.790. The summed E-state index contributed by atoms with van der Waals surface area (Å²) in [6.45, 7) is 13.4. The average Bonchev–Trinajstić information content (AvgIpc) is 2.89. The van der Waals surface area contributed by atoms with Gasteiger partial charge in [-0.1, -0.05) is 11.2 Å². The van der Waals surface area contributed by atoms with Crippen molar-refractivity contribution in [1.29, 1.82) is 0 Å². The molecule has 1 spiro atoms. The zero-order chi connectivity index (χ0) is 17.3. The molecule has 0 saturated carbocycles. The van der Waals surface area contributed by atoms with E-state index in [2.05, 4.69) is 23.6 Å². The van der Waals surface area contributed by atoms with Crippen LogP contribution in [0.3, 0.4) is 0 Å². The maximum atomic E-state index is 12.1. The largest absolute Gasteiger partial charge is 0.363 e. The van der Waals surface area contributed by atoms with Crippen LogP contribution in [0.4, 0.5) is 0 Å². The van der Waals surface area contributed by atoms with Crippen LogP contribution in [0.25, 0.3) is 0 Å². The van der Waals surface area contributed by atoms with E-state index in [9.17, 15) is 4.79 Å². The van der Waals surface area contributed by atoms with Gasteiger partial charge in [-0.25, -0.2) is 0 Å². The van der Waals surface area contributed by atoms with Crippen LogP contribution < -0.4 is 0 Å². The minimum absolute atomic E-state index is 0.0613. The van der Waals surface area contributed by atoms with E-state index in [0.717, 1.165) is 43.9 Å². The van der Waals surface area contributed by atoms with Gasteiger partial charge >= 0.3 is 0 Å². The number of carbonyl (C=O) groups is 1. The summed E-state index contributed by atoms with van der Waals surface area (Å²) in [5.41, 5.74) is 1.93. The molecule has 1 atom stereocenters. The van der Waals surface area contributed by atoms with E-state index in [0.29, 0.717) is 6.54 Å². The second kappa shape index (κ2) is 6.69. The lowest BCUT2D eigenvalue weighted by Crippen LogP contribution is -2.63. The Kier molecular flexibility index (Phi) is 4.78. The fourth-order valence-electron chi connectivity index (χ4n) is 3.91. The first-order valence-corrected chi connectivity index (χ1v) is 8.65. The minimum atomic E-state index is -0.230. The van der Waals surface area contributed by atoms with Gasteiger partial charge < -0.3 is 14.2 Å². The second-order valence-corrected chi connectivity index (χ2v) is 6.94. The Morgan fingerprint density at radius 1 is 1.38 bits per heavy atom. The van der Waals surface area contributed by atoms with E-state index in [1.165, 1.54) is 5.56 Å². The molecule has 2 aliphatic rings. The van der Waals surface area contributed by atoms with Crippen molar-refractivity contribution in [2.24, 2.45) is 0 Å². The van der Waals surface area contributed by atoms with Gasteiger partial charge in [0.1, 0.15) is 12.4 Å². The van der Waals surface area contributed by atoms with Gasteiger partial charge in [-0.05, 0) is 33.6 Å². The summed E-state index contributed by atoms with van der Waals surface area (Å²) >= 11 is 0. The number of carbonyl (C=O) groups excluding carboxylic acids is 1. The molecule has 3 heterocycles. The Balaban J connectivity index is 1.65. The lowest BCUT2D eigenvalue weighted by Gasteiger charge is -2.51. The van der Waals surface area contributed by atoms with E-state index in [4.69, 9.17) is 9.26 Å². The topological polar surface area (TPSA) is 58.8 Å². The standard InChI is InChI=1S/C18H27N3O3/c1-5-8-21-15(4)18(23-12-17(21)22)6-9-20(10-7-18)11-16-13(2)19-24-14(16)3/h5,15H,1,6-12H2,2-4H3. The zero-order valence-electron chi connectivity index (χ0n) is 14.9. The van der Waals surface area contributed by atoms with Gasteiger partial charge in [-0.3, -0.25) is 9.69 Å². The number of hydrogen-bond acceptors (Lipinski definition) is 5. The smallest absolute Gasteiger partial charge is 0.249 e. The van der Waals surface area contributed by atoms with Crippen LogP contribution in [0.2, 0.25) is 0 Å². The SMILES string of the molecule is C=CCN1C(=O)COC2(CCN(Cc3c(C)noc3C)CC2)C1C. The molecule has 0 bridgehead atoms. The third-order valence-electron chi connectivity index (χ3n) is 5.62. The first-order chi connectivity index (χ1) is 11.5. The predicted molar refractivity (Wildman–Crippen MR) is 90.5 cm³/mol. The predicted octanol–water partition coefficient (Wildman–Crippen LogP) is 2.06. The van der Waals surface area contributed by atoms with E-state index in [1.54, 1.807) is 6.08 Å². The molecule has 0 aliphatic carbocycles. The van der Waals surface area contributed by atoms with Crippen LogP contribution in [0.1, 0.15) is 36.8 Å². The molecule has 6 heteroatoms. The molecule has 2 saturated heterocycles. The molecule has 2 fully saturated rings. The van der Waals surface area contributed by atoms with Crippen LogP contribution in [-0.4, -0.2) is 58.7 Å². The van der Waals surface area contributed by atoms with Gasteiger partial charge in [0, 0.05) is 31.7 Å². The normalized spacial score (nSPS) is 24.5. The number of hydrogen-bond donors (Lipinski definition) is 0. The number of amides is 1. The average molecular weight is 333 g/mol. The molecule has 2 aliphatic heterocycles. The van der Waals surface area contributed by atoms with Gasteiger partial charge in [0.05, 0.1) is 17.3 Å². The van der Waals surface area contributed by atoms with Crippen LogP contribution >= 0.6 is 0 Å². The molecule has 1 aromatic heterocycles. The van der Waals surface area contributed by atoms with Crippen molar-refractivity contribution in [3.05, 3.63) is 29.7 Å². The number of aromatic nitrogens is 1. The third kappa shape index (κ3) is 3.00. The lowest BCUT2D eigenvalue weighted by atomic mass is 9.82. The van der Waals surface area contributed by atoms with Gasteiger partial charge in [0.15, 0.2) is 0 Å². The summed E-state index contributed by atoms with van der Waals surface area (Å²) in [6, 6.07) is 0.0814. The van der Waals surface area contributed by atoms with E-state index < -0.39 is 0 Å². The molecule has 0 radical (unpaired) electrons.